The number of nitrogens with zero attached hydrogens (tertiary/aromatic N) is 2. The molecule has 1 saturated carbocycles. The Morgan fingerprint density at radius 3 is 2.73 bits per heavy atom. The molecule has 1 aliphatic heterocycles. The molecule has 2 heterocycles. The Balaban J connectivity index is 1.50. The summed E-state index contributed by atoms with van der Waals surface area (Å²) < 4.78 is 28.2. The van der Waals surface area contributed by atoms with Crippen molar-refractivity contribution in [3.05, 3.63) is 58.9 Å². The van der Waals surface area contributed by atoms with Crippen LogP contribution in [0.3, 0.4) is 0 Å². The number of fused-ring (bicyclic) bond motifs is 1. The highest BCUT2D eigenvalue weighted by Crippen LogP contribution is 2.36. The number of hydrogen-bond acceptors (Lipinski definition) is 4. The van der Waals surface area contributed by atoms with Gasteiger partial charge >= 0.3 is 0 Å². The first-order valence-electron chi connectivity index (χ1n) is 10.4. The third-order valence-corrected chi connectivity index (χ3v) is 8.12. The first-order valence-corrected chi connectivity index (χ1v) is 12.3. The summed E-state index contributed by atoms with van der Waals surface area (Å²) in [5.41, 5.74) is 1.09. The molecule has 6 nitrogen and oxygen atoms in total. The highest BCUT2D eigenvalue weighted by Gasteiger charge is 2.33. The fraction of sp³-hybridized carbons (Fsp3) is 0.455. The smallest absolute Gasteiger partial charge is 0.253 e. The van der Waals surface area contributed by atoms with Crippen molar-refractivity contribution in [2.75, 3.05) is 13.1 Å². The van der Waals surface area contributed by atoms with Gasteiger partial charge in [0, 0.05) is 37.6 Å². The van der Waals surface area contributed by atoms with Gasteiger partial charge in [0.15, 0.2) is 0 Å². The predicted octanol–water partition coefficient (Wildman–Crippen LogP) is 3.87. The largest absolute Gasteiger partial charge is 0.338 e. The van der Waals surface area contributed by atoms with Gasteiger partial charge in [-0.05, 0) is 54.5 Å². The third kappa shape index (κ3) is 4.68. The van der Waals surface area contributed by atoms with Crippen LogP contribution in [0.1, 0.15) is 48.0 Å². The van der Waals surface area contributed by atoms with E-state index in [1.807, 2.05) is 4.90 Å². The summed E-state index contributed by atoms with van der Waals surface area (Å²) in [5, 5.41) is 0.0937. The van der Waals surface area contributed by atoms with Crippen molar-refractivity contribution in [2.45, 2.75) is 43.5 Å². The highest BCUT2D eigenvalue weighted by atomic mass is 35.5. The van der Waals surface area contributed by atoms with Crippen LogP contribution in [0.15, 0.2) is 47.6 Å². The minimum absolute atomic E-state index is 0.0774. The van der Waals surface area contributed by atoms with E-state index in [4.69, 9.17) is 11.6 Å². The molecule has 8 heteroatoms. The van der Waals surface area contributed by atoms with Crippen molar-refractivity contribution in [1.29, 1.82) is 0 Å². The van der Waals surface area contributed by atoms with E-state index < -0.39 is 10.0 Å². The Morgan fingerprint density at radius 1 is 1.17 bits per heavy atom. The maximum Gasteiger partial charge on any atom is 0.253 e. The molecule has 2 aliphatic rings. The Morgan fingerprint density at radius 2 is 1.97 bits per heavy atom. The molecule has 1 N–H and O–H groups in total. The van der Waals surface area contributed by atoms with E-state index in [-0.39, 0.29) is 22.4 Å². The molecule has 1 aliphatic carbocycles. The van der Waals surface area contributed by atoms with E-state index in [1.54, 1.807) is 30.6 Å². The van der Waals surface area contributed by atoms with E-state index >= 15 is 0 Å². The van der Waals surface area contributed by atoms with Gasteiger partial charge < -0.3 is 4.90 Å². The Hall–Kier alpha value is -1.96. The molecule has 1 saturated heterocycles. The van der Waals surface area contributed by atoms with Gasteiger partial charge in [0.1, 0.15) is 4.90 Å². The van der Waals surface area contributed by atoms with Crippen molar-refractivity contribution in [2.24, 2.45) is 11.8 Å². The summed E-state index contributed by atoms with van der Waals surface area (Å²) in [7, 11) is -3.88. The van der Waals surface area contributed by atoms with Crippen molar-refractivity contribution in [3.63, 3.8) is 0 Å². The predicted molar refractivity (Wildman–Crippen MR) is 116 cm³/mol. The average Bonchev–Trinajstić information content (AvgIpc) is 2.78. The summed E-state index contributed by atoms with van der Waals surface area (Å²) in [6.07, 6.45) is 9.21. The Labute approximate surface area is 182 Å². The molecule has 4 rings (SSSR count). The maximum absolute atomic E-state index is 13.1. The van der Waals surface area contributed by atoms with Gasteiger partial charge in [-0.3, -0.25) is 9.78 Å². The number of halogens is 1. The maximum atomic E-state index is 13.1. The minimum atomic E-state index is -3.88. The standard InChI is InChI=1S/C22H26ClN3O3S/c23-20-8-7-18(22(27)26-11-9-17-5-1-2-6-19(17)15-26)12-21(20)30(28,29)25-14-16-4-3-10-24-13-16/h3-4,7-8,10,12-13,17,19,25H,1-2,5-6,9,11,14-15H2/t17-,19-/m1/s1. The van der Waals surface area contributed by atoms with Gasteiger partial charge in [-0.25, -0.2) is 13.1 Å². The van der Waals surface area contributed by atoms with Crippen molar-refractivity contribution in [3.8, 4) is 0 Å². The Bertz CT molecular complexity index is 1010. The number of benzene rings is 1. The summed E-state index contributed by atoms with van der Waals surface area (Å²) in [6, 6.07) is 8.01. The number of amides is 1. The van der Waals surface area contributed by atoms with Crippen molar-refractivity contribution >= 4 is 27.5 Å². The van der Waals surface area contributed by atoms with Gasteiger partial charge in [-0.15, -0.1) is 0 Å². The highest BCUT2D eigenvalue weighted by molar-refractivity contribution is 7.89. The first kappa shape index (κ1) is 21.3. The number of piperidine rings is 1. The molecule has 0 unspecified atom stereocenters. The zero-order valence-electron chi connectivity index (χ0n) is 16.8. The summed E-state index contributed by atoms with van der Waals surface area (Å²) in [5.74, 6) is 1.16. The zero-order valence-corrected chi connectivity index (χ0v) is 18.3. The molecular weight excluding hydrogens is 422 g/mol. The fourth-order valence-corrected chi connectivity index (χ4v) is 6.11. The number of carbonyl (C=O) groups is 1. The van der Waals surface area contributed by atoms with Gasteiger partial charge in [-0.2, -0.15) is 0 Å². The molecule has 1 aromatic carbocycles. The molecule has 30 heavy (non-hydrogen) atoms. The van der Waals surface area contributed by atoms with Crippen LogP contribution >= 0.6 is 11.6 Å². The molecule has 160 valence electrons. The van der Waals surface area contributed by atoms with Crippen LogP contribution in [0.5, 0.6) is 0 Å². The lowest BCUT2D eigenvalue weighted by Gasteiger charge is -2.41. The summed E-state index contributed by atoms with van der Waals surface area (Å²) >= 11 is 6.19. The zero-order chi connectivity index (χ0) is 21.1. The monoisotopic (exact) mass is 447 g/mol. The second-order valence-corrected chi connectivity index (χ2v) is 10.3. The van der Waals surface area contributed by atoms with Crippen LogP contribution in [0, 0.1) is 11.8 Å². The molecule has 1 aromatic heterocycles. The lowest BCUT2D eigenvalue weighted by atomic mass is 9.75. The van der Waals surface area contributed by atoms with Crippen LogP contribution < -0.4 is 4.72 Å². The Kier molecular flexibility index (Phi) is 6.41. The van der Waals surface area contributed by atoms with Gasteiger partial charge in [-0.1, -0.05) is 36.9 Å². The van der Waals surface area contributed by atoms with E-state index in [1.165, 1.54) is 37.8 Å². The van der Waals surface area contributed by atoms with Gasteiger partial charge in [0.25, 0.3) is 5.91 Å². The number of nitrogens with one attached hydrogen (secondary N) is 1. The first-order chi connectivity index (χ1) is 14.4. The lowest BCUT2D eigenvalue weighted by molar-refractivity contribution is 0.0520. The number of sulfonamides is 1. The number of hydrogen-bond donors (Lipinski definition) is 1. The fourth-order valence-electron chi connectivity index (χ4n) is 4.57. The second kappa shape index (κ2) is 9.04. The average molecular weight is 448 g/mol. The normalized spacial score (nSPS) is 21.8. The number of carbonyl (C=O) groups excluding carboxylic acids is 1. The summed E-state index contributed by atoms with van der Waals surface area (Å²) in [6.45, 7) is 1.58. The molecule has 0 radical (unpaired) electrons. The molecule has 1 amide bonds. The number of aromatic nitrogens is 1. The lowest BCUT2D eigenvalue weighted by Crippen LogP contribution is -2.44. The molecule has 2 fully saturated rings. The summed E-state index contributed by atoms with van der Waals surface area (Å²) in [4.78, 5) is 18.9. The number of rotatable bonds is 5. The van der Waals surface area contributed by atoms with Crippen LogP contribution in [0.4, 0.5) is 0 Å². The van der Waals surface area contributed by atoms with Crippen LogP contribution in [0.25, 0.3) is 0 Å². The molecule has 0 spiro atoms. The number of likely N-dealkylation sites (tertiary alicyclic amines) is 1. The third-order valence-electron chi connectivity index (χ3n) is 6.24. The molecule has 2 aromatic rings. The topological polar surface area (TPSA) is 79.4 Å². The van der Waals surface area contributed by atoms with Crippen LogP contribution in [0.2, 0.25) is 5.02 Å². The molecular formula is C22H26ClN3O3S. The van der Waals surface area contributed by atoms with Gasteiger partial charge in [0.2, 0.25) is 10.0 Å². The second-order valence-electron chi connectivity index (χ2n) is 8.18. The van der Waals surface area contributed by atoms with E-state index in [0.29, 0.717) is 11.5 Å². The van der Waals surface area contributed by atoms with Crippen LogP contribution in [-0.4, -0.2) is 37.3 Å². The van der Waals surface area contributed by atoms with Crippen LogP contribution in [-0.2, 0) is 16.6 Å². The van der Waals surface area contributed by atoms with E-state index in [9.17, 15) is 13.2 Å². The van der Waals surface area contributed by atoms with E-state index in [0.717, 1.165) is 31.0 Å². The van der Waals surface area contributed by atoms with Crippen molar-refractivity contribution < 1.29 is 13.2 Å². The molecule has 2 atom stereocenters. The number of pyridine rings is 1. The molecule has 0 bridgehead atoms. The quantitative estimate of drug-likeness (QED) is 0.754. The van der Waals surface area contributed by atoms with E-state index in [2.05, 4.69) is 9.71 Å². The SMILES string of the molecule is O=C(c1ccc(Cl)c(S(=O)(=O)NCc2cccnc2)c1)N1CC[C@H]2CCCC[C@@H]2C1. The van der Waals surface area contributed by atoms with Crippen molar-refractivity contribution in [1.82, 2.24) is 14.6 Å². The minimum Gasteiger partial charge on any atom is -0.338 e. The van der Waals surface area contributed by atoms with Gasteiger partial charge in [0.05, 0.1) is 5.02 Å².